The number of nitrogens with zero attached hydrogens (tertiary/aromatic N) is 1. The lowest BCUT2D eigenvalue weighted by Crippen LogP contribution is -2.38. The van der Waals surface area contributed by atoms with Crippen LogP contribution in [-0.4, -0.2) is 29.7 Å². The Balaban J connectivity index is 2.10. The van der Waals surface area contributed by atoms with Gasteiger partial charge >= 0.3 is 0 Å². The summed E-state index contributed by atoms with van der Waals surface area (Å²) in [6.07, 6.45) is 0.933. The Bertz CT molecular complexity index is 419. The monoisotopic (exact) mass is 218 g/mol. The number of likely N-dealkylation sites (tertiary alicyclic amines) is 1. The number of Topliss-reactive ketones (excluding diaryl/α,β-unsaturated/α-hetero) is 1. The largest absolute Gasteiger partial charge is 0.399 e. The standard InChI is InChI=1S/C12H14N2O2/c13-10-3-1-2-9(8-10)12(16)14-6-4-11(15)5-7-14/h1-3,8H,4-7,13H2. The molecular weight excluding hydrogens is 204 g/mol. The molecule has 4 heteroatoms. The molecule has 1 aliphatic rings. The van der Waals surface area contributed by atoms with Crippen LogP contribution in [0.2, 0.25) is 0 Å². The van der Waals surface area contributed by atoms with E-state index in [9.17, 15) is 9.59 Å². The molecule has 1 amide bonds. The van der Waals surface area contributed by atoms with E-state index >= 15 is 0 Å². The minimum atomic E-state index is -0.0419. The van der Waals surface area contributed by atoms with Gasteiger partial charge in [0.25, 0.3) is 5.91 Å². The van der Waals surface area contributed by atoms with E-state index in [0.29, 0.717) is 37.2 Å². The summed E-state index contributed by atoms with van der Waals surface area (Å²) < 4.78 is 0. The van der Waals surface area contributed by atoms with Crippen LogP contribution >= 0.6 is 0 Å². The Morgan fingerprint density at radius 3 is 2.56 bits per heavy atom. The van der Waals surface area contributed by atoms with Crippen molar-refractivity contribution in [2.45, 2.75) is 12.8 Å². The smallest absolute Gasteiger partial charge is 0.253 e. The number of amides is 1. The molecule has 1 heterocycles. The van der Waals surface area contributed by atoms with Crippen LogP contribution in [0.1, 0.15) is 23.2 Å². The van der Waals surface area contributed by atoms with Crippen molar-refractivity contribution in [1.82, 2.24) is 4.90 Å². The highest BCUT2D eigenvalue weighted by atomic mass is 16.2. The van der Waals surface area contributed by atoms with Crippen LogP contribution in [0, 0.1) is 0 Å². The first kappa shape index (κ1) is 10.7. The Labute approximate surface area is 94.0 Å². The van der Waals surface area contributed by atoms with Crippen molar-refractivity contribution in [3.8, 4) is 0 Å². The van der Waals surface area contributed by atoms with E-state index in [1.54, 1.807) is 29.2 Å². The van der Waals surface area contributed by atoms with Gasteiger partial charge in [-0.3, -0.25) is 9.59 Å². The molecule has 1 aromatic carbocycles. The third kappa shape index (κ3) is 2.21. The number of nitrogens with two attached hydrogens (primary N) is 1. The number of hydrogen-bond acceptors (Lipinski definition) is 3. The number of benzene rings is 1. The molecule has 16 heavy (non-hydrogen) atoms. The Morgan fingerprint density at radius 1 is 1.25 bits per heavy atom. The van der Waals surface area contributed by atoms with Crippen LogP contribution in [-0.2, 0) is 4.79 Å². The Hall–Kier alpha value is -1.84. The second-order valence-corrected chi connectivity index (χ2v) is 3.96. The summed E-state index contributed by atoms with van der Waals surface area (Å²) in [6, 6.07) is 6.92. The molecule has 4 nitrogen and oxygen atoms in total. The van der Waals surface area contributed by atoms with Crippen LogP contribution in [0.5, 0.6) is 0 Å². The average molecular weight is 218 g/mol. The lowest BCUT2D eigenvalue weighted by molar-refractivity contribution is -0.120. The Morgan fingerprint density at radius 2 is 1.94 bits per heavy atom. The average Bonchev–Trinajstić information content (AvgIpc) is 2.29. The van der Waals surface area contributed by atoms with Crippen molar-refractivity contribution in [2.75, 3.05) is 18.8 Å². The van der Waals surface area contributed by atoms with E-state index in [1.807, 2.05) is 0 Å². The maximum Gasteiger partial charge on any atom is 0.253 e. The number of hydrogen-bond donors (Lipinski definition) is 1. The summed E-state index contributed by atoms with van der Waals surface area (Å²) in [7, 11) is 0. The maximum absolute atomic E-state index is 12.0. The number of ketones is 1. The first-order chi connectivity index (χ1) is 7.66. The van der Waals surface area contributed by atoms with Gasteiger partial charge < -0.3 is 10.6 Å². The normalized spacial score (nSPS) is 16.2. The number of carbonyl (C=O) groups excluding carboxylic acids is 2. The van der Waals surface area contributed by atoms with Crippen molar-refractivity contribution in [2.24, 2.45) is 0 Å². The number of nitrogen functional groups attached to an aromatic ring is 1. The highest BCUT2D eigenvalue weighted by Gasteiger charge is 2.21. The SMILES string of the molecule is Nc1cccc(C(=O)N2CCC(=O)CC2)c1. The van der Waals surface area contributed by atoms with Gasteiger partial charge in [-0.1, -0.05) is 6.07 Å². The highest BCUT2D eigenvalue weighted by molar-refractivity contribution is 5.96. The maximum atomic E-state index is 12.0. The molecule has 84 valence electrons. The molecule has 2 N–H and O–H groups in total. The fraction of sp³-hybridized carbons (Fsp3) is 0.333. The summed E-state index contributed by atoms with van der Waals surface area (Å²) >= 11 is 0. The van der Waals surface area contributed by atoms with E-state index in [2.05, 4.69) is 0 Å². The summed E-state index contributed by atoms with van der Waals surface area (Å²) in [6.45, 7) is 1.04. The van der Waals surface area contributed by atoms with Gasteiger partial charge in [0.15, 0.2) is 0 Å². The predicted octanol–water partition coefficient (Wildman–Crippen LogP) is 1.07. The van der Waals surface area contributed by atoms with Gasteiger partial charge in [-0.2, -0.15) is 0 Å². The molecule has 0 atom stereocenters. The van der Waals surface area contributed by atoms with Crippen LogP contribution in [0.3, 0.4) is 0 Å². The van der Waals surface area contributed by atoms with Gasteiger partial charge in [0.05, 0.1) is 0 Å². The summed E-state index contributed by atoms with van der Waals surface area (Å²) in [5.41, 5.74) is 6.80. The third-order valence-corrected chi connectivity index (χ3v) is 2.74. The summed E-state index contributed by atoms with van der Waals surface area (Å²) in [5, 5.41) is 0. The molecule has 0 aliphatic carbocycles. The van der Waals surface area contributed by atoms with Crippen molar-refractivity contribution < 1.29 is 9.59 Å². The molecule has 0 spiro atoms. The van der Waals surface area contributed by atoms with Gasteiger partial charge in [0, 0.05) is 37.2 Å². The van der Waals surface area contributed by atoms with E-state index in [4.69, 9.17) is 5.73 Å². The van der Waals surface area contributed by atoms with Crippen LogP contribution in [0.4, 0.5) is 5.69 Å². The Kier molecular flexibility index (Phi) is 2.90. The molecular formula is C12H14N2O2. The molecule has 0 bridgehead atoms. The second kappa shape index (κ2) is 4.35. The first-order valence-electron chi connectivity index (χ1n) is 5.33. The number of piperidine rings is 1. The van der Waals surface area contributed by atoms with Crippen molar-refractivity contribution in [3.63, 3.8) is 0 Å². The topological polar surface area (TPSA) is 63.4 Å². The third-order valence-electron chi connectivity index (χ3n) is 2.74. The molecule has 0 saturated carbocycles. The van der Waals surface area contributed by atoms with Crippen LogP contribution in [0.15, 0.2) is 24.3 Å². The van der Waals surface area contributed by atoms with Crippen molar-refractivity contribution in [3.05, 3.63) is 29.8 Å². The second-order valence-electron chi connectivity index (χ2n) is 3.96. The quantitative estimate of drug-likeness (QED) is 0.717. The first-order valence-corrected chi connectivity index (χ1v) is 5.33. The molecule has 0 unspecified atom stereocenters. The van der Waals surface area contributed by atoms with Crippen molar-refractivity contribution >= 4 is 17.4 Å². The number of rotatable bonds is 1. The van der Waals surface area contributed by atoms with Gasteiger partial charge in [-0.25, -0.2) is 0 Å². The minimum Gasteiger partial charge on any atom is -0.399 e. The van der Waals surface area contributed by atoms with Gasteiger partial charge in [0.2, 0.25) is 0 Å². The van der Waals surface area contributed by atoms with Crippen LogP contribution in [0.25, 0.3) is 0 Å². The zero-order valence-electron chi connectivity index (χ0n) is 8.98. The molecule has 1 aromatic rings. The van der Waals surface area contributed by atoms with Gasteiger partial charge in [-0.15, -0.1) is 0 Å². The zero-order valence-corrected chi connectivity index (χ0v) is 8.98. The zero-order chi connectivity index (χ0) is 11.5. The van der Waals surface area contributed by atoms with E-state index in [-0.39, 0.29) is 11.7 Å². The molecule has 1 saturated heterocycles. The van der Waals surface area contributed by atoms with Crippen molar-refractivity contribution in [1.29, 1.82) is 0 Å². The highest BCUT2D eigenvalue weighted by Crippen LogP contribution is 2.13. The summed E-state index contributed by atoms with van der Waals surface area (Å²) in [4.78, 5) is 24.8. The minimum absolute atomic E-state index is 0.0419. The van der Waals surface area contributed by atoms with Gasteiger partial charge in [-0.05, 0) is 18.2 Å². The molecule has 0 aromatic heterocycles. The predicted molar refractivity (Wildman–Crippen MR) is 61.0 cm³/mol. The van der Waals surface area contributed by atoms with Gasteiger partial charge in [0.1, 0.15) is 5.78 Å². The van der Waals surface area contributed by atoms with E-state index in [1.165, 1.54) is 0 Å². The molecule has 0 radical (unpaired) electrons. The molecule has 2 rings (SSSR count). The number of anilines is 1. The van der Waals surface area contributed by atoms with Crippen LogP contribution < -0.4 is 5.73 Å². The fourth-order valence-electron chi connectivity index (χ4n) is 1.81. The molecule has 1 fully saturated rings. The lowest BCUT2D eigenvalue weighted by atomic mass is 10.1. The fourth-order valence-corrected chi connectivity index (χ4v) is 1.81. The lowest BCUT2D eigenvalue weighted by Gasteiger charge is -2.26. The summed E-state index contributed by atoms with van der Waals surface area (Å²) in [5.74, 6) is 0.191. The molecule has 1 aliphatic heterocycles. The van der Waals surface area contributed by atoms with E-state index in [0.717, 1.165) is 0 Å². The van der Waals surface area contributed by atoms with E-state index < -0.39 is 0 Å². The number of carbonyl (C=O) groups is 2.